The van der Waals surface area contributed by atoms with Gasteiger partial charge in [0.25, 0.3) is 0 Å². The minimum atomic E-state index is -0.956. The highest BCUT2D eigenvalue weighted by molar-refractivity contribution is 6.00. The third kappa shape index (κ3) is 3.60. The number of carbonyl (C=O) groups excluding carboxylic acids is 4. The molecule has 5 aliphatic rings. The smallest absolute Gasteiger partial charge is 0.316 e. The number of esters is 2. The van der Waals surface area contributed by atoms with Gasteiger partial charge in [0.1, 0.15) is 18.0 Å². The molecule has 1 aromatic heterocycles. The molecule has 2 aliphatic heterocycles. The summed E-state index contributed by atoms with van der Waals surface area (Å²) in [6.45, 7) is 9.65. The van der Waals surface area contributed by atoms with Gasteiger partial charge in [-0.3, -0.25) is 19.2 Å². The molecule has 7 rings (SSSR count). The van der Waals surface area contributed by atoms with Crippen LogP contribution >= 0.6 is 0 Å². The first-order chi connectivity index (χ1) is 20.9. The molecule has 3 fully saturated rings. The van der Waals surface area contributed by atoms with Gasteiger partial charge in [-0.15, -0.1) is 0 Å². The predicted molar refractivity (Wildman–Crippen MR) is 159 cm³/mol. The molecule has 3 aliphatic carbocycles. The van der Waals surface area contributed by atoms with Gasteiger partial charge in [-0.25, -0.2) is 0 Å². The van der Waals surface area contributed by atoms with Crippen molar-refractivity contribution in [1.29, 1.82) is 0 Å². The lowest BCUT2D eigenvalue weighted by Gasteiger charge is -2.59. The lowest BCUT2D eigenvalue weighted by molar-refractivity contribution is -0.187. The summed E-state index contributed by atoms with van der Waals surface area (Å²) in [6, 6.07) is 9.43. The molecule has 0 bridgehead atoms. The third-order valence-corrected chi connectivity index (χ3v) is 11.9. The Bertz CT molecular complexity index is 1660. The SMILES string of the molecule is COC(=O)CC[C@@H]1[C@@]2(C)C(=O)C=C[C@@]3(C)C(=O)O[C@@H](C4OC5C[C@@H](c6ccoc6-c6ccc(C(C)=O)cc6)C(C)=C5[C@]41C)[C@H]23. The fourth-order valence-corrected chi connectivity index (χ4v) is 9.88. The number of benzene rings is 1. The van der Waals surface area contributed by atoms with Crippen molar-refractivity contribution in [2.75, 3.05) is 7.11 Å². The second-order valence-electron chi connectivity index (χ2n) is 13.8. The number of methoxy groups -OCH3 is 1. The Morgan fingerprint density at radius 2 is 1.77 bits per heavy atom. The molecule has 8 nitrogen and oxygen atoms in total. The van der Waals surface area contributed by atoms with Crippen molar-refractivity contribution in [3.8, 4) is 11.3 Å². The number of Topliss-reactive ketones (excluding diaryl/α,β-unsaturated/α-hetero) is 1. The van der Waals surface area contributed by atoms with Crippen LogP contribution in [0, 0.1) is 28.1 Å². The summed E-state index contributed by atoms with van der Waals surface area (Å²) in [5.74, 6) is -0.664. The van der Waals surface area contributed by atoms with Gasteiger partial charge in [-0.1, -0.05) is 49.8 Å². The topological polar surface area (TPSA) is 109 Å². The van der Waals surface area contributed by atoms with E-state index in [1.165, 1.54) is 7.11 Å². The Labute approximate surface area is 256 Å². The first-order valence-electron chi connectivity index (χ1n) is 15.4. The molecule has 1 saturated carbocycles. The highest BCUT2D eigenvalue weighted by atomic mass is 16.6. The monoisotopic (exact) mass is 598 g/mol. The number of hydrogen-bond donors (Lipinski definition) is 0. The molecule has 2 aromatic rings. The largest absolute Gasteiger partial charge is 0.469 e. The van der Waals surface area contributed by atoms with Crippen molar-refractivity contribution < 1.29 is 37.8 Å². The first kappa shape index (κ1) is 29.0. The van der Waals surface area contributed by atoms with Crippen LogP contribution in [0.2, 0.25) is 0 Å². The van der Waals surface area contributed by atoms with E-state index in [1.807, 2.05) is 44.2 Å². The number of hydrogen-bond acceptors (Lipinski definition) is 8. The molecule has 0 radical (unpaired) electrons. The van der Waals surface area contributed by atoms with Crippen LogP contribution in [-0.4, -0.2) is 48.9 Å². The van der Waals surface area contributed by atoms with Crippen LogP contribution in [0.4, 0.5) is 0 Å². The molecular weight excluding hydrogens is 560 g/mol. The van der Waals surface area contributed by atoms with Gasteiger partial charge in [0, 0.05) is 45.8 Å². The summed E-state index contributed by atoms with van der Waals surface area (Å²) < 4.78 is 24.1. The zero-order valence-electron chi connectivity index (χ0n) is 26.0. The Hall–Kier alpha value is -3.78. The van der Waals surface area contributed by atoms with Crippen molar-refractivity contribution >= 4 is 23.5 Å². The number of fused-ring (bicyclic) bond motifs is 4. The summed E-state index contributed by atoms with van der Waals surface area (Å²) in [7, 11) is 1.37. The summed E-state index contributed by atoms with van der Waals surface area (Å²) >= 11 is 0. The highest BCUT2D eigenvalue weighted by Crippen LogP contribution is 2.72. The van der Waals surface area contributed by atoms with E-state index in [-0.39, 0.29) is 47.9 Å². The van der Waals surface area contributed by atoms with Crippen molar-refractivity contribution in [1.82, 2.24) is 0 Å². The van der Waals surface area contributed by atoms with E-state index >= 15 is 0 Å². The zero-order chi connectivity index (χ0) is 31.3. The summed E-state index contributed by atoms with van der Waals surface area (Å²) in [4.78, 5) is 51.8. The predicted octanol–water partition coefficient (Wildman–Crippen LogP) is 6.00. The highest BCUT2D eigenvalue weighted by Gasteiger charge is 2.77. The average Bonchev–Trinajstić information content (AvgIpc) is 3.73. The van der Waals surface area contributed by atoms with Crippen molar-refractivity contribution in [3.05, 3.63) is 71.0 Å². The van der Waals surface area contributed by atoms with Crippen LogP contribution in [0.1, 0.15) is 75.7 Å². The molecule has 1 aromatic carbocycles. The quantitative estimate of drug-likeness (QED) is 0.226. The molecule has 44 heavy (non-hydrogen) atoms. The summed E-state index contributed by atoms with van der Waals surface area (Å²) in [6.07, 6.45) is 4.93. The molecule has 8 heteroatoms. The van der Waals surface area contributed by atoms with Gasteiger partial charge in [-0.05, 0) is 57.2 Å². The molecule has 0 N–H and O–H groups in total. The van der Waals surface area contributed by atoms with E-state index in [2.05, 4.69) is 13.8 Å². The van der Waals surface area contributed by atoms with E-state index < -0.39 is 34.4 Å². The minimum Gasteiger partial charge on any atom is -0.469 e. The van der Waals surface area contributed by atoms with E-state index in [1.54, 1.807) is 25.3 Å². The van der Waals surface area contributed by atoms with E-state index in [0.717, 1.165) is 28.0 Å². The maximum atomic E-state index is 14.0. The normalized spacial score (nSPS) is 38.3. The van der Waals surface area contributed by atoms with Crippen molar-refractivity contribution in [2.24, 2.45) is 28.1 Å². The standard InChI is InChI=1S/C36H38O8/c1-18-23(22-14-16-42-29(22)21-9-7-20(8-10-21)19(2)37)17-24-28(18)36(5)25(11-12-27(39)41-6)35(4)26(38)13-15-34(3)31(35)30(32(36)43-24)44-33(34)40/h7-10,13-16,23-25,30-32H,11-12,17H2,1-6H3/t23-,24?,25-,30-,31+,32?,34-,35+,36-/m1/s1. The Balaban J connectivity index is 1.35. The Morgan fingerprint density at radius 1 is 1.05 bits per heavy atom. The van der Waals surface area contributed by atoms with Crippen LogP contribution < -0.4 is 0 Å². The second-order valence-corrected chi connectivity index (χ2v) is 13.8. The van der Waals surface area contributed by atoms with Crippen molar-refractivity contribution in [3.63, 3.8) is 0 Å². The molecule has 9 atom stereocenters. The average molecular weight is 599 g/mol. The summed E-state index contributed by atoms with van der Waals surface area (Å²) in [5, 5.41) is 0. The van der Waals surface area contributed by atoms with Gasteiger partial charge < -0.3 is 18.6 Å². The molecule has 0 spiro atoms. The van der Waals surface area contributed by atoms with Gasteiger partial charge in [0.15, 0.2) is 11.6 Å². The molecule has 3 heterocycles. The lowest BCUT2D eigenvalue weighted by Crippen LogP contribution is -2.65. The van der Waals surface area contributed by atoms with Gasteiger partial charge >= 0.3 is 11.9 Å². The number of ether oxygens (including phenoxy) is 3. The van der Waals surface area contributed by atoms with Crippen LogP contribution in [0.3, 0.4) is 0 Å². The van der Waals surface area contributed by atoms with Crippen LogP contribution in [0.5, 0.6) is 0 Å². The first-order valence-corrected chi connectivity index (χ1v) is 15.4. The van der Waals surface area contributed by atoms with Crippen molar-refractivity contribution in [2.45, 2.75) is 78.1 Å². The fraction of sp³-hybridized carbons (Fsp3) is 0.500. The van der Waals surface area contributed by atoms with Crippen LogP contribution in [0.25, 0.3) is 11.3 Å². The van der Waals surface area contributed by atoms with E-state index in [0.29, 0.717) is 18.4 Å². The molecule has 230 valence electrons. The maximum Gasteiger partial charge on any atom is 0.316 e. The molecule has 2 saturated heterocycles. The fourth-order valence-electron chi connectivity index (χ4n) is 9.88. The number of furan rings is 1. The number of carbonyl (C=O) groups is 4. The minimum absolute atomic E-state index is 0.000794. The zero-order valence-corrected chi connectivity index (χ0v) is 26.0. The Kier molecular flexibility index (Phi) is 6.32. The third-order valence-electron chi connectivity index (χ3n) is 11.9. The molecule has 0 amide bonds. The second kappa shape index (κ2) is 9.61. The summed E-state index contributed by atoms with van der Waals surface area (Å²) in [5.41, 5.74) is 2.26. The van der Waals surface area contributed by atoms with E-state index in [9.17, 15) is 19.2 Å². The van der Waals surface area contributed by atoms with Gasteiger partial charge in [-0.2, -0.15) is 0 Å². The Morgan fingerprint density at radius 3 is 2.45 bits per heavy atom. The number of allylic oxidation sites excluding steroid dienone is 2. The molecular formula is C36H38O8. The van der Waals surface area contributed by atoms with E-state index in [4.69, 9.17) is 18.6 Å². The lowest BCUT2D eigenvalue weighted by atomic mass is 9.42. The molecule has 2 unspecified atom stereocenters. The van der Waals surface area contributed by atoms with Gasteiger partial charge in [0.05, 0.1) is 24.9 Å². The van der Waals surface area contributed by atoms with Gasteiger partial charge in [0.2, 0.25) is 0 Å². The number of ketones is 2. The maximum absolute atomic E-state index is 14.0. The number of rotatable bonds is 6. The van der Waals surface area contributed by atoms with Crippen LogP contribution in [-0.2, 0) is 28.6 Å². The van der Waals surface area contributed by atoms with Crippen LogP contribution in [0.15, 0.2) is 64.3 Å².